The molecule has 0 fully saturated rings. The second-order valence-electron chi connectivity index (χ2n) is 10.9. The van der Waals surface area contributed by atoms with E-state index >= 15 is 0 Å². The molecule has 0 bridgehead atoms. The number of pyridine rings is 1. The summed E-state index contributed by atoms with van der Waals surface area (Å²) in [6.45, 7) is 13.9. The fourth-order valence-corrected chi connectivity index (χ4v) is 7.54. The SMILES string of the molecule is Cc1cc(CC(C)C)ccc1-c1cc(CC(C)(C)C)[c]([Ge]([CH3])([CH3])[CH3])c[n+]1C. The van der Waals surface area contributed by atoms with E-state index in [0.717, 1.165) is 12.8 Å². The average molecular weight is 427 g/mol. The monoisotopic (exact) mass is 428 g/mol. The molecule has 2 heteroatoms. The van der Waals surface area contributed by atoms with Crippen LogP contribution in [-0.4, -0.2) is 13.3 Å². The van der Waals surface area contributed by atoms with Gasteiger partial charge in [0.05, 0.1) is 0 Å². The molecule has 1 nitrogen and oxygen atoms in total. The number of nitrogens with zero attached hydrogens (tertiary/aromatic N) is 1. The standard InChI is InChI=1S/C25H40GeN/c1-18(2)13-20-11-12-22(19(3)14-20)24-15-21(16-25(4,5)6)23(17-27(24)10)26(7,8)9/h11-12,14-15,17-18H,13,16H2,1-10H3/q+1. The van der Waals surface area contributed by atoms with Crippen molar-refractivity contribution in [1.29, 1.82) is 0 Å². The zero-order valence-electron chi connectivity index (χ0n) is 19.3. The topological polar surface area (TPSA) is 3.88 Å². The van der Waals surface area contributed by atoms with Gasteiger partial charge in [-0.05, 0) is 0 Å². The molecular weight excluding hydrogens is 387 g/mol. The maximum absolute atomic E-state index is 2.51. The number of aryl methyl sites for hydroxylation is 2. The zero-order chi connectivity index (χ0) is 20.6. The summed E-state index contributed by atoms with van der Waals surface area (Å²) in [5.41, 5.74) is 7.41. The minimum atomic E-state index is -1.93. The van der Waals surface area contributed by atoms with Gasteiger partial charge in [0.25, 0.3) is 0 Å². The van der Waals surface area contributed by atoms with E-state index in [4.69, 9.17) is 0 Å². The summed E-state index contributed by atoms with van der Waals surface area (Å²) in [6.07, 6.45) is 4.74. The first-order valence-electron chi connectivity index (χ1n) is 10.4. The Morgan fingerprint density at radius 2 is 1.67 bits per heavy atom. The van der Waals surface area contributed by atoms with E-state index in [1.165, 1.54) is 22.4 Å². The Morgan fingerprint density at radius 1 is 1.04 bits per heavy atom. The van der Waals surface area contributed by atoms with Gasteiger partial charge < -0.3 is 0 Å². The minimum absolute atomic E-state index is 0.301. The van der Waals surface area contributed by atoms with Crippen LogP contribution < -0.4 is 8.96 Å². The second-order valence-corrected chi connectivity index (χ2v) is 21.5. The third-order valence-electron chi connectivity index (χ3n) is 5.10. The summed E-state index contributed by atoms with van der Waals surface area (Å²) in [4.78, 5) is 0. The number of rotatable bonds is 5. The number of hydrogen-bond acceptors (Lipinski definition) is 0. The van der Waals surface area contributed by atoms with Gasteiger partial charge in [-0.1, -0.05) is 0 Å². The van der Waals surface area contributed by atoms with Crippen LogP contribution in [0.3, 0.4) is 0 Å². The summed E-state index contributed by atoms with van der Waals surface area (Å²) in [7, 11) is 2.22. The van der Waals surface area contributed by atoms with Crippen molar-refractivity contribution in [1.82, 2.24) is 0 Å². The Balaban J connectivity index is 2.59. The fraction of sp³-hybridized carbons (Fsp3) is 0.560. The van der Waals surface area contributed by atoms with E-state index in [2.05, 4.69) is 101 Å². The van der Waals surface area contributed by atoms with Crippen LogP contribution in [0.15, 0.2) is 30.5 Å². The first-order valence-corrected chi connectivity index (χ1v) is 17.7. The van der Waals surface area contributed by atoms with Crippen LogP contribution in [0.2, 0.25) is 17.3 Å². The van der Waals surface area contributed by atoms with E-state index in [9.17, 15) is 0 Å². The van der Waals surface area contributed by atoms with Crippen molar-refractivity contribution < 1.29 is 4.57 Å². The van der Waals surface area contributed by atoms with Crippen LogP contribution >= 0.6 is 0 Å². The Hall–Kier alpha value is -1.09. The summed E-state index contributed by atoms with van der Waals surface area (Å²) in [5.74, 6) is 8.22. The van der Waals surface area contributed by atoms with Crippen LogP contribution in [0.25, 0.3) is 11.3 Å². The molecule has 0 amide bonds. The first kappa shape index (κ1) is 22.2. The van der Waals surface area contributed by atoms with Crippen molar-refractivity contribution >= 4 is 17.7 Å². The van der Waals surface area contributed by atoms with Crippen molar-refractivity contribution in [2.24, 2.45) is 18.4 Å². The zero-order valence-corrected chi connectivity index (χ0v) is 21.4. The molecule has 0 aliphatic rings. The Morgan fingerprint density at radius 3 is 2.15 bits per heavy atom. The predicted molar refractivity (Wildman–Crippen MR) is 122 cm³/mol. The van der Waals surface area contributed by atoms with Crippen molar-refractivity contribution in [2.75, 3.05) is 0 Å². The number of benzene rings is 1. The molecule has 0 N–H and O–H groups in total. The van der Waals surface area contributed by atoms with Crippen LogP contribution in [-0.2, 0) is 19.9 Å². The summed E-state index contributed by atoms with van der Waals surface area (Å²) in [5, 5.41) is 0. The van der Waals surface area contributed by atoms with Gasteiger partial charge in [0.1, 0.15) is 0 Å². The second kappa shape index (κ2) is 8.11. The Bertz CT molecular complexity index is 804. The Kier molecular flexibility index (Phi) is 6.67. The van der Waals surface area contributed by atoms with Crippen LogP contribution in [0.4, 0.5) is 0 Å². The quantitative estimate of drug-likeness (QED) is 0.419. The van der Waals surface area contributed by atoms with E-state index in [0.29, 0.717) is 11.3 Å². The van der Waals surface area contributed by atoms with E-state index in [1.54, 1.807) is 9.96 Å². The fourth-order valence-electron chi connectivity index (χ4n) is 3.96. The predicted octanol–water partition coefficient (Wildman–Crippen LogP) is 5.82. The van der Waals surface area contributed by atoms with Gasteiger partial charge in [-0.2, -0.15) is 0 Å². The van der Waals surface area contributed by atoms with E-state index in [1.807, 2.05) is 0 Å². The first-order chi connectivity index (χ1) is 12.3. The molecule has 0 spiro atoms. The van der Waals surface area contributed by atoms with Gasteiger partial charge in [0.15, 0.2) is 0 Å². The van der Waals surface area contributed by atoms with Crippen LogP contribution in [0.5, 0.6) is 0 Å². The van der Waals surface area contributed by atoms with Crippen molar-refractivity contribution in [2.45, 2.75) is 71.7 Å². The van der Waals surface area contributed by atoms with Crippen molar-refractivity contribution in [3.05, 3.63) is 47.2 Å². The molecule has 0 aliphatic carbocycles. The van der Waals surface area contributed by atoms with Gasteiger partial charge in [0.2, 0.25) is 0 Å². The normalized spacial score (nSPS) is 12.7. The third kappa shape index (κ3) is 5.94. The van der Waals surface area contributed by atoms with Gasteiger partial charge in [-0.25, -0.2) is 0 Å². The molecule has 2 rings (SSSR count). The molecule has 1 heterocycles. The third-order valence-corrected chi connectivity index (χ3v) is 9.43. The van der Waals surface area contributed by atoms with E-state index < -0.39 is 13.3 Å². The van der Waals surface area contributed by atoms with Crippen molar-refractivity contribution in [3.63, 3.8) is 0 Å². The van der Waals surface area contributed by atoms with Crippen molar-refractivity contribution in [3.8, 4) is 11.3 Å². The summed E-state index contributed by atoms with van der Waals surface area (Å²) < 4.78 is 4.01. The Labute approximate surface area is 170 Å². The molecule has 0 radical (unpaired) electrons. The van der Waals surface area contributed by atoms with E-state index in [-0.39, 0.29) is 0 Å². The molecule has 0 aliphatic heterocycles. The van der Waals surface area contributed by atoms with Gasteiger partial charge in [-0.3, -0.25) is 0 Å². The summed E-state index contributed by atoms with van der Waals surface area (Å²) in [6, 6.07) is 9.53. The molecule has 27 heavy (non-hydrogen) atoms. The summed E-state index contributed by atoms with van der Waals surface area (Å²) >= 11 is -1.93. The molecule has 0 atom stereocenters. The molecule has 0 saturated heterocycles. The maximum atomic E-state index is 2.51. The van der Waals surface area contributed by atoms with Crippen LogP contribution in [0.1, 0.15) is 51.3 Å². The molecule has 148 valence electrons. The number of hydrogen-bond donors (Lipinski definition) is 0. The average Bonchev–Trinajstić information content (AvgIpc) is 2.46. The van der Waals surface area contributed by atoms with Gasteiger partial charge in [-0.15, -0.1) is 0 Å². The molecule has 0 unspecified atom stereocenters. The number of aromatic nitrogens is 1. The molecule has 1 aromatic carbocycles. The van der Waals surface area contributed by atoms with Gasteiger partial charge >= 0.3 is 171 Å². The van der Waals surface area contributed by atoms with Crippen LogP contribution in [0, 0.1) is 18.3 Å². The molecule has 1 aromatic heterocycles. The molecular formula is C25H40GeN+. The van der Waals surface area contributed by atoms with Gasteiger partial charge in [0, 0.05) is 0 Å². The molecule has 2 aromatic rings. The molecule has 0 saturated carbocycles.